The van der Waals surface area contributed by atoms with Crippen LogP contribution in [0.3, 0.4) is 0 Å². The molecule has 0 saturated carbocycles. The third kappa shape index (κ3) is 7.29. The molecule has 0 aliphatic heterocycles. The van der Waals surface area contributed by atoms with Crippen molar-refractivity contribution in [3.8, 4) is 0 Å². The van der Waals surface area contributed by atoms with Gasteiger partial charge in [-0.2, -0.15) is 36.4 Å². The molecule has 2 heteroatoms. The molecule has 0 aliphatic carbocycles. The maximum Gasteiger partial charge on any atom is 2.00 e. The van der Waals surface area contributed by atoms with Crippen LogP contribution >= 0.6 is 0 Å². The van der Waals surface area contributed by atoms with E-state index in [1.807, 2.05) is 30.3 Å². The van der Waals surface area contributed by atoms with Gasteiger partial charge in [-0.1, -0.05) is 0 Å². The van der Waals surface area contributed by atoms with Crippen LogP contribution in [0.15, 0.2) is 30.3 Å². The maximum absolute atomic E-state index is 6.25. The van der Waals surface area contributed by atoms with Crippen LogP contribution in [-0.2, 0) is 18.6 Å². The van der Waals surface area contributed by atoms with Crippen molar-refractivity contribution in [3.63, 3.8) is 0 Å². The van der Waals surface area contributed by atoms with Crippen molar-refractivity contribution in [2.24, 2.45) is 0 Å². The van der Waals surface area contributed by atoms with Crippen LogP contribution in [0.1, 0.15) is 0 Å². The predicted octanol–water partition coefficient (Wildman–Crippen LogP) is 1.58. The average Bonchev–Trinajstić information content (AvgIpc) is 1.96. The van der Waals surface area contributed by atoms with E-state index < -0.39 is 0 Å². The zero-order chi connectivity index (χ0) is 6.24. The topological polar surface area (TPSA) is 23.8 Å². The van der Waals surface area contributed by atoms with Crippen LogP contribution < -0.4 is 0 Å². The molecule has 0 fully saturated rings. The van der Waals surface area contributed by atoms with E-state index in [2.05, 4.69) is 6.07 Å². The van der Waals surface area contributed by atoms with Crippen LogP contribution in [0.5, 0.6) is 0 Å². The van der Waals surface area contributed by atoms with Crippen LogP contribution in [0.25, 0.3) is 0 Å². The van der Waals surface area contributed by atoms with Crippen molar-refractivity contribution in [1.29, 1.82) is 5.26 Å². The summed E-state index contributed by atoms with van der Waals surface area (Å²) in [5, 5.41) is 6.25. The molecule has 0 atom stereocenters. The van der Waals surface area contributed by atoms with E-state index in [1.165, 1.54) is 0 Å². The number of rotatable bonds is 0. The molecule has 0 amide bonds. The summed E-state index contributed by atoms with van der Waals surface area (Å²) in [6.45, 7) is 4.75. The van der Waals surface area contributed by atoms with E-state index in [-0.39, 0.29) is 18.6 Å². The summed E-state index contributed by atoms with van der Waals surface area (Å²) in [6, 6.07) is 12.5. The zero-order valence-corrected chi connectivity index (χ0v) is 6.18. The van der Waals surface area contributed by atoms with E-state index in [9.17, 15) is 0 Å². The second-order valence-corrected chi connectivity index (χ2v) is 1.08. The van der Waals surface area contributed by atoms with Gasteiger partial charge in [0.15, 0.2) is 0 Å². The van der Waals surface area contributed by atoms with Gasteiger partial charge in [0.05, 0.1) is 0 Å². The first-order chi connectivity index (χ1) is 4.00. The van der Waals surface area contributed by atoms with Gasteiger partial charge in [0.25, 0.3) is 0 Å². The zero-order valence-electron chi connectivity index (χ0n) is 4.78. The van der Waals surface area contributed by atoms with E-state index in [0.717, 1.165) is 0 Å². The molecule has 0 aromatic heterocycles. The summed E-state index contributed by atoms with van der Waals surface area (Å²) < 4.78 is 0. The first-order valence-electron chi connectivity index (χ1n) is 2.13. The molecule has 0 unspecified atom stereocenters. The second-order valence-electron chi connectivity index (χ2n) is 1.08. The number of hydrogen-bond donors (Lipinski definition) is 0. The second kappa shape index (κ2) is 10.3. The van der Waals surface area contributed by atoms with Crippen LogP contribution in [0, 0.1) is 17.9 Å². The van der Waals surface area contributed by atoms with Gasteiger partial charge < -0.3 is 11.8 Å². The van der Waals surface area contributed by atoms with Crippen LogP contribution in [-0.4, -0.2) is 0 Å². The van der Waals surface area contributed by atoms with Gasteiger partial charge in [-0.15, -0.1) is 0 Å². The van der Waals surface area contributed by atoms with Gasteiger partial charge in [-0.25, -0.2) is 0 Å². The molecule has 1 rings (SSSR count). The molecular formula is C7H5NV. The first kappa shape index (κ1) is 11.1. The molecule has 0 aliphatic rings. The van der Waals surface area contributed by atoms with E-state index in [1.54, 1.807) is 0 Å². The Labute approximate surface area is 67.2 Å². The Balaban J connectivity index is 0. The molecule has 0 N–H and O–H groups in total. The Morgan fingerprint density at radius 2 is 1.44 bits per heavy atom. The largest absolute Gasteiger partial charge is 2.00 e. The van der Waals surface area contributed by atoms with Crippen molar-refractivity contribution >= 4 is 0 Å². The molecule has 1 aromatic carbocycles. The maximum atomic E-state index is 6.25. The summed E-state index contributed by atoms with van der Waals surface area (Å²) in [4.78, 5) is 0. The Bertz CT molecular complexity index is 109. The Hall–Kier alpha value is -0.706. The van der Waals surface area contributed by atoms with Crippen LogP contribution in [0.4, 0.5) is 0 Å². The van der Waals surface area contributed by atoms with Crippen molar-refractivity contribution in [1.82, 2.24) is 0 Å². The molecule has 0 bridgehead atoms. The fraction of sp³-hybridized carbons (Fsp3) is 0. The average molecular weight is 154 g/mol. The summed E-state index contributed by atoms with van der Waals surface area (Å²) in [6.07, 6.45) is 0. The van der Waals surface area contributed by atoms with Gasteiger partial charge in [-0.3, -0.25) is 0 Å². The fourth-order valence-electron chi connectivity index (χ4n) is 0.342. The molecule has 1 radical (unpaired) electrons. The number of nitrogens with zero attached hydrogens (tertiary/aromatic N) is 1. The van der Waals surface area contributed by atoms with E-state index >= 15 is 0 Å². The molecule has 0 spiro atoms. The third-order valence-electron chi connectivity index (χ3n) is 0.607. The minimum Gasteiger partial charge on any atom is -0.512 e. The Morgan fingerprint density at radius 3 is 1.56 bits per heavy atom. The van der Waals surface area contributed by atoms with Gasteiger partial charge in [0.2, 0.25) is 0 Å². The minimum absolute atomic E-state index is 0. The standard InChI is InChI=1S/C6H5.CN.V/c1-2-4-6-5-3-1;1-2;/h1-5H;;/q2*-1;+2. The van der Waals surface area contributed by atoms with Gasteiger partial charge in [0, 0.05) is 0 Å². The van der Waals surface area contributed by atoms with Crippen molar-refractivity contribution in [2.45, 2.75) is 0 Å². The van der Waals surface area contributed by atoms with Gasteiger partial charge in [0.1, 0.15) is 0 Å². The predicted molar refractivity (Wildman–Crippen MR) is 30.2 cm³/mol. The number of benzene rings is 1. The summed E-state index contributed by atoms with van der Waals surface area (Å²) >= 11 is 0. The van der Waals surface area contributed by atoms with Crippen LogP contribution in [0.2, 0.25) is 0 Å². The summed E-state index contributed by atoms with van der Waals surface area (Å²) in [7, 11) is 0. The van der Waals surface area contributed by atoms with E-state index in [4.69, 9.17) is 11.8 Å². The smallest absolute Gasteiger partial charge is 0.512 e. The first-order valence-corrected chi connectivity index (χ1v) is 2.13. The molecule has 1 nitrogen and oxygen atoms in total. The van der Waals surface area contributed by atoms with Crippen molar-refractivity contribution in [2.75, 3.05) is 0 Å². The Kier molecular flexibility index (Phi) is 12.8. The van der Waals surface area contributed by atoms with Crippen molar-refractivity contribution in [3.05, 3.63) is 43.0 Å². The van der Waals surface area contributed by atoms with Crippen molar-refractivity contribution < 1.29 is 18.6 Å². The SMILES string of the molecule is [C-]#N.[V+2].[c-]1ccccc1. The summed E-state index contributed by atoms with van der Waals surface area (Å²) in [5.74, 6) is 0. The fourth-order valence-corrected chi connectivity index (χ4v) is 0.342. The number of hydrogen-bond acceptors (Lipinski definition) is 1. The van der Waals surface area contributed by atoms with Gasteiger partial charge >= 0.3 is 18.6 Å². The molecule has 1 aromatic rings. The molecule has 0 saturated heterocycles. The van der Waals surface area contributed by atoms with Gasteiger partial charge in [-0.05, 0) is 0 Å². The monoisotopic (exact) mass is 154 g/mol. The van der Waals surface area contributed by atoms with E-state index in [0.29, 0.717) is 0 Å². The normalized spacial score (nSPS) is 5.56. The Morgan fingerprint density at radius 1 is 1.00 bits per heavy atom. The molecule has 9 heavy (non-hydrogen) atoms. The molecular weight excluding hydrogens is 149 g/mol. The molecule has 0 heterocycles. The quantitative estimate of drug-likeness (QED) is 0.520. The summed E-state index contributed by atoms with van der Waals surface area (Å²) in [5.41, 5.74) is 0. The third-order valence-corrected chi connectivity index (χ3v) is 0.607. The molecule has 43 valence electrons. The minimum atomic E-state index is 0.